The Hall–Kier alpha value is -2.03. The topological polar surface area (TPSA) is 88.8 Å². The van der Waals surface area contributed by atoms with E-state index in [1.54, 1.807) is 19.1 Å². The van der Waals surface area contributed by atoms with Crippen LogP contribution >= 0.6 is 11.6 Å². The number of furan rings is 1. The lowest BCUT2D eigenvalue weighted by Gasteiger charge is -2.13. The molecule has 9 heteroatoms. The Morgan fingerprint density at radius 3 is 2.62 bits per heavy atom. The SMILES string of the molecule is COc1cc(Cl)c(C)cc1NC(=O)c1ccc(S(=O)(=O)N2CCCC2)o1. The summed E-state index contributed by atoms with van der Waals surface area (Å²) in [5, 5.41) is 2.93. The number of aryl methyl sites for hydroxylation is 1. The van der Waals surface area contributed by atoms with Crippen molar-refractivity contribution in [2.45, 2.75) is 24.9 Å². The van der Waals surface area contributed by atoms with Crippen molar-refractivity contribution in [3.05, 3.63) is 40.6 Å². The number of anilines is 1. The summed E-state index contributed by atoms with van der Waals surface area (Å²) in [6.07, 6.45) is 1.64. The van der Waals surface area contributed by atoms with Crippen molar-refractivity contribution in [1.82, 2.24) is 4.31 Å². The molecule has 0 saturated carbocycles. The first-order valence-electron chi connectivity index (χ1n) is 8.08. The van der Waals surface area contributed by atoms with E-state index < -0.39 is 15.9 Å². The van der Waals surface area contributed by atoms with Crippen LogP contribution in [0.1, 0.15) is 29.0 Å². The van der Waals surface area contributed by atoms with Gasteiger partial charge in [-0.25, -0.2) is 8.42 Å². The highest BCUT2D eigenvalue weighted by molar-refractivity contribution is 7.89. The molecule has 0 radical (unpaired) electrons. The lowest BCUT2D eigenvalue weighted by atomic mass is 10.2. The molecule has 1 aromatic heterocycles. The van der Waals surface area contributed by atoms with Gasteiger partial charge >= 0.3 is 0 Å². The summed E-state index contributed by atoms with van der Waals surface area (Å²) in [5.41, 5.74) is 1.18. The van der Waals surface area contributed by atoms with Crippen LogP contribution in [-0.2, 0) is 10.0 Å². The zero-order valence-corrected chi connectivity index (χ0v) is 16.0. The number of benzene rings is 1. The van der Waals surface area contributed by atoms with Crippen molar-refractivity contribution in [3.63, 3.8) is 0 Å². The minimum absolute atomic E-state index is 0.0996. The molecule has 1 saturated heterocycles. The normalized spacial score (nSPS) is 15.2. The molecular weight excluding hydrogens is 380 g/mol. The van der Waals surface area contributed by atoms with Crippen LogP contribution in [0.15, 0.2) is 33.8 Å². The number of amides is 1. The Bertz CT molecular complexity index is 933. The zero-order chi connectivity index (χ0) is 18.9. The molecule has 0 unspecified atom stereocenters. The number of hydrogen-bond acceptors (Lipinski definition) is 5. The molecule has 0 aliphatic carbocycles. The second-order valence-corrected chi connectivity index (χ2v) is 8.26. The van der Waals surface area contributed by atoms with E-state index in [-0.39, 0.29) is 10.9 Å². The summed E-state index contributed by atoms with van der Waals surface area (Å²) < 4.78 is 36.8. The number of sulfonamides is 1. The third kappa shape index (κ3) is 3.58. The number of nitrogens with zero attached hydrogens (tertiary/aromatic N) is 1. The summed E-state index contributed by atoms with van der Waals surface area (Å²) in [6, 6.07) is 5.91. The van der Waals surface area contributed by atoms with E-state index in [9.17, 15) is 13.2 Å². The second kappa shape index (κ2) is 7.30. The molecule has 1 aliphatic rings. The number of carbonyl (C=O) groups is 1. The lowest BCUT2D eigenvalue weighted by molar-refractivity contribution is 0.0991. The van der Waals surface area contributed by atoms with E-state index in [1.807, 2.05) is 0 Å². The Kier molecular flexibility index (Phi) is 5.27. The molecule has 3 rings (SSSR count). The van der Waals surface area contributed by atoms with Crippen LogP contribution in [0.5, 0.6) is 5.75 Å². The minimum atomic E-state index is -3.70. The van der Waals surface area contributed by atoms with Gasteiger partial charge in [-0.2, -0.15) is 4.31 Å². The number of rotatable bonds is 5. The van der Waals surface area contributed by atoms with Gasteiger partial charge in [0.05, 0.1) is 12.8 Å². The van der Waals surface area contributed by atoms with Gasteiger partial charge in [-0.15, -0.1) is 0 Å². The monoisotopic (exact) mass is 398 g/mol. The van der Waals surface area contributed by atoms with Crippen molar-refractivity contribution < 1.29 is 22.4 Å². The van der Waals surface area contributed by atoms with Crippen molar-refractivity contribution in [2.75, 3.05) is 25.5 Å². The summed E-state index contributed by atoms with van der Waals surface area (Å²) in [7, 11) is -2.24. The number of carbonyl (C=O) groups excluding carboxylic acids is 1. The Labute approximate surface area is 156 Å². The molecule has 2 aromatic rings. The molecular formula is C17H19ClN2O5S. The minimum Gasteiger partial charge on any atom is -0.495 e. The predicted octanol–water partition coefficient (Wildman–Crippen LogP) is 3.29. The van der Waals surface area contributed by atoms with Crippen molar-refractivity contribution in [2.24, 2.45) is 0 Å². The molecule has 2 heterocycles. The van der Waals surface area contributed by atoms with E-state index in [1.165, 1.54) is 23.5 Å². The molecule has 1 fully saturated rings. The van der Waals surface area contributed by atoms with Crippen molar-refractivity contribution in [1.29, 1.82) is 0 Å². The van der Waals surface area contributed by atoms with Crippen LogP contribution in [0.25, 0.3) is 0 Å². The van der Waals surface area contributed by atoms with Gasteiger partial charge in [0.15, 0.2) is 5.76 Å². The number of methoxy groups -OCH3 is 1. The van der Waals surface area contributed by atoms with Gasteiger partial charge in [-0.05, 0) is 43.5 Å². The number of ether oxygens (including phenoxy) is 1. The van der Waals surface area contributed by atoms with E-state index in [4.69, 9.17) is 20.8 Å². The van der Waals surface area contributed by atoms with Crippen LogP contribution in [0.3, 0.4) is 0 Å². The van der Waals surface area contributed by atoms with Gasteiger partial charge in [0.25, 0.3) is 15.9 Å². The van der Waals surface area contributed by atoms with Gasteiger partial charge in [-0.1, -0.05) is 11.6 Å². The quantitative estimate of drug-likeness (QED) is 0.834. The maximum Gasteiger partial charge on any atom is 0.291 e. The largest absolute Gasteiger partial charge is 0.495 e. The molecule has 26 heavy (non-hydrogen) atoms. The van der Waals surface area contributed by atoms with Crippen LogP contribution in [0.4, 0.5) is 5.69 Å². The fourth-order valence-corrected chi connectivity index (χ4v) is 4.33. The molecule has 0 bridgehead atoms. The van der Waals surface area contributed by atoms with Crippen LogP contribution in [0, 0.1) is 6.92 Å². The second-order valence-electron chi connectivity index (χ2n) is 5.99. The van der Waals surface area contributed by atoms with E-state index >= 15 is 0 Å². The smallest absolute Gasteiger partial charge is 0.291 e. The first kappa shape index (κ1) is 18.8. The highest BCUT2D eigenvalue weighted by atomic mass is 35.5. The average Bonchev–Trinajstić information content (AvgIpc) is 3.30. The fourth-order valence-electron chi connectivity index (χ4n) is 2.75. The fraction of sp³-hybridized carbons (Fsp3) is 0.353. The maximum absolute atomic E-state index is 12.5. The van der Waals surface area contributed by atoms with Crippen LogP contribution in [0.2, 0.25) is 5.02 Å². The van der Waals surface area contributed by atoms with Gasteiger partial charge in [0.1, 0.15) is 5.75 Å². The number of hydrogen-bond donors (Lipinski definition) is 1. The first-order chi connectivity index (χ1) is 12.3. The third-order valence-electron chi connectivity index (χ3n) is 4.19. The summed E-state index contributed by atoms with van der Waals surface area (Å²) in [5.74, 6) is -0.282. The summed E-state index contributed by atoms with van der Waals surface area (Å²) >= 11 is 6.05. The lowest BCUT2D eigenvalue weighted by Crippen LogP contribution is -2.27. The summed E-state index contributed by atoms with van der Waals surface area (Å²) in [6.45, 7) is 2.72. The Morgan fingerprint density at radius 1 is 1.27 bits per heavy atom. The third-order valence-corrected chi connectivity index (χ3v) is 6.37. The molecule has 7 nitrogen and oxygen atoms in total. The molecule has 1 amide bonds. The highest BCUT2D eigenvalue weighted by Crippen LogP contribution is 2.31. The predicted molar refractivity (Wildman–Crippen MR) is 97.4 cm³/mol. The van der Waals surface area contributed by atoms with E-state index in [0.29, 0.717) is 29.5 Å². The van der Waals surface area contributed by atoms with Crippen molar-refractivity contribution in [3.8, 4) is 5.75 Å². The van der Waals surface area contributed by atoms with Gasteiger partial charge in [0.2, 0.25) is 5.09 Å². The van der Waals surface area contributed by atoms with Gasteiger partial charge in [0, 0.05) is 24.2 Å². The number of halogens is 1. The Balaban J connectivity index is 1.82. The molecule has 0 atom stereocenters. The summed E-state index contributed by atoms with van der Waals surface area (Å²) in [4.78, 5) is 12.4. The molecule has 1 aliphatic heterocycles. The standard InChI is InChI=1S/C17H19ClN2O5S/c1-11-9-13(15(24-2)10-12(11)18)19-17(21)14-5-6-16(25-14)26(22,23)20-7-3-4-8-20/h5-6,9-10H,3-4,7-8H2,1-2H3,(H,19,21). The Morgan fingerprint density at radius 2 is 1.96 bits per heavy atom. The molecule has 0 spiro atoms. The zero-order valence-electron chi connectivity index (χ0n) is 14.4. The van der Waals surface area contributed by atoms with E-state index in [0.717, 1.165) is 18.4 Å². The average molecular weight is 399 g/mol. The van der Waals surface area contributed by atoms with Gasteiger partial charge < -0.3 is 14.5 Å². The first-order valence-corrected chi connectivity index (χ1v) is 9.90. The van der Waals surface area contributed by atoms with Crippen LogP contribution < -0.4 is 10.1 Å². The highest BCUT2D eigenvalue weighted by Gasteiger charge is 2.30. The van der Waals surface area contributed by atoms with Gasteiger partial charge in [-0.3, -0.25) is 4.79 Å². The van der Waals surface area contributed by atoms with Crippen molar-refractivity contribution >= 4 is 33.2 Å². The van der Waals surface area contributed by atoms with E-state index in [2.05, 4.69) is 5.32 Å². The van der Waals surface area contributed by atoms with Crippen LogP contribution in [-0.4, -0.2) is 38.8 Å². The molecule has 140 valence electrons. The number of nitrogens with one attached hydrogen (secondary N) is 1. The molecule has 1 N–H and O–H groups in total. The maximum atomic E-state index is 12.5. The molecule has 1 aromatic carbocycles.